The molecule has 0 aliphatic carbocycles. The van der Waals surface area contributed by atoms with Gasteiger partial charge in [-0.2, -0.15) is 0 Å². The van der Waals surface area contributed by atoms with Crippen LogP contribution in [0.3, 0.4) is 0 Å². The summed E-state index contributed by atoms with van der Waals surface area (Å²) in [5, 5.41) is 33.1. The number of hydrogen-bond donors (Lipinski definition) is 12. The molecule has 0 fully saturated rings. The predicted molar refractivity (Wildman–Crippen MR) is 163 cm³/mol. The SMILES string of the molecule is CP(=O)(O)CCC(N)C(=O)O.CP(=O)(O)CC[C@@H](N)C(=O)O.CP(=O)(O)CC[C@H](N)C(=O)O.CP(=O)(O)CC[C@H](N)C(=O)O. The fourth-order valence-electron chi connectivity index (χ4n) is 2.01. The molecule has 0 radical (unpaired) electrons. The van der Waals surface area contributed by atoms with Crippen molar-refractivity contribution >= 4 is 53.4 Å². The van der Waals surface area contributed by atoms with Crippen LogP contribution >= 0.6 is 29.5 Å². The second-order valence-corrected chi connectivity index (χ2v) is 20.2. The Kier molecular flexibility index (Phi) is 25.7. The Bertz CT molecular complexity index is 916. The van der Waals surface area contributed by atoms with Gasteiger partial charge < -0.3 is 62.9 Å². The zero-order valence-corrected chi connectivity index (χ0v) is 28.5. The monoisotopic (exact) mass is 724 g/mol. The van der Waals surface area contributed by atoms with E-state index in [2.05, 4.69) is 0 Å². The van der Waals surface area contributed by atoms with E-state index in [1.165, 1.54) is 26.7 Å². The summed E-state index contributed by atoms with van der Waals surface area (Å²) in [7, 11) is -12.4. The number of carboxylic acids is 4. The second-order valence-electron chi connectivity index (χ2n) is 10.0. The molecule has 5 unspecified atom stereocenters. The molecule has 24 heteroatoms. The molecule has 44 heavy (non-hydrogen) atoms. The first-order valence-corrected chi connectivity index (χ1v) is 21.6. The van der Waals surface area contributed by atoms with E-state index in [1.807, 2.05) is 0 Å². The number of hydrogen-bond acceptors (Lipinski definition) is 12. The van der Waals surface area contributed by atoms with E-state index in [-0.39, 0.29) is 50.3 Å². The van der Waals surface area contributed by atoms with Gasteiger partial charge in [0.2, 0.25) is 0 Å². The Morgan fingerprint density at radius 2 is 0.545 bits per heavy atom. The highest BCUT2D eigenvalue weighted by molar-refractivity contribution is 7.57. The van der Waals surface area contributed by atoms with Gasteiger partial charge in [0.1, 0.15) is 24.2 Å². The molecule has 0 saturated carbocycles. The Balaban J connectivity index is -0.000000242. The summed E-state index contributed by atoms with van der Waals surface area (Å²) in [4.78, 5) is 75.5. The first-order chi connectivity index (χ1) is 19.3. The van der Waals surface area contributed by atoms with Crippen LogP contribution in [0.25, 0.3) is 0 Å². The van der Waals surface area contributed by atoms with Gasteiger partial charge in [-0.1, -0.05) is 0 Å². The van der Waals surface area contributed by atoms with Crippen molar-refractivity contribution in [2.45, 2.75) is 49.9 Å². The zero-order chi connectivity index (χ0) is 36.3. The van der Waals surface area contributed by atoms with Crippen LogP contribution < -0.4 is 22.9 Å². The predicted octanol–water partition coefficient (Wildman–Crippen LogP) is -1.25. The summed E-state index contributed by atoms with van der Waals surface area (Å²) >= 11 is 0. The van der Waals surface area contributed by atoms with E-state index in [9.17, 15) is 37.4 Å². The molecule has 0 saturated heterocycles. The molecule has 0 aromatic carbocycles. The fourth-order valence-corrected chi connectivity index (χ4v) is 5.04. The normalized spacial score (nSPS) is 18.8. The Morgan fingerprint density at radius 1 is 0.432 bits per heavy atom. The van der Waals surface area contributed by atoms with Crippen LogP contribution in [0.4, 0.5) is 0 Å². The van der Waals surface area contributed by atoms with Gasteiger partial charge in [0.05, 0.1) is 0 Å². The average molecular weight is 725 g/mol. The van der Waals surface area contributed by atoms with E-state index in [0.717, 1.165) is 0 Å². The smallest absolute Gasteiger partial charge is 0.320 e. The van der Waals surface area contributed by atoms with Crippen molar-refractivity contribution in [1.82, 2.24) is 0 Å². The van der Waals surface area contributed by atoms with Crippen molar-refractivity contribution in [3.8, 4) is 0 Å². The van der Waals surface area contributed by atoms with Crippen LogP contribution in [-0.2, 0) is 37.4 Å². The number of nitrogens with two attached hydrogens (primary N) is 4. The van der Waals surface area contributed by atoms with E-state index in [4.69, 9.17) is 62.9 Å². The maximum atomic E-state index is 10.6. The van der Waals surface area contributed by atoms with Crippen LogP contribution in [0, 0.1) is 0 Å². The average Bonchev–Trinajstić information content (AvgIpc) is 2.81. The van der Waals surface area contributed by atoms with E-state index in [0.29, 0.717) is 0 Å². The number of carboxylic acid groups (broad SMARTS) is 4. The molecule has 0 aromatic heterocycles. The summed E-state index contributed by atoms with van der Waals surface area (Å²) in [6.45, 7) is 4.73. The fraction of sp³-hybridized carbons (Fsp3) is 0.800. The largest absolute Gasteiger partial charge is 0.480 e. The van der Waals surface area contributed by atoms with E-state index in [1.54, 1.807) is 0 Å². The summed E-state index contributed by atoms with van der Waals surface area (Å²) in [5.41, 5.74) is 20.4. The number of rotatable bonds is 16. The van der Waals surface area contributed by atoms with E-state index < -0.39 is 77.5 Å². The lowest BCUT2D eigenvalue weighted by Gasteiger charge is -2.07. The van der Waals surface area contributed by atoms with Crippen LogP contribution in [0.5, 0.6) is 0 Å². The molecule has 8 atom stereocenters. The molecule has 0 heterocycles. The molecule has 0 amide bonds. The minimum absolute atomic E-state index is 0.0412. The highest BCUT2D eigenvalue weighted by Crippen LogP contribution is 2.37. The second kappa shape index (κ2) is 22.9. The van der Waals surface area contributed by atoms with Gasteiger partial charge in [-0.05, 0) is 25.7 Å². The highest BCUT2D eigenvalue weighted by atomic mass is 31.2. The summed E-state index contributed by atoms with van der Waals surface area (Å²) in [6.07, 6.45) is 0.000309. The quantitative estimate of drug-likeness (QED) is 0.0827. The van der Waals surface area contributed by atoms with Gasteiger partial charge >= 0.3 is 23.9 Å². The zero-order valence-electron chi connectivity index (χ0n) is 24.9. The van der Waals surface area contributed by atoms with Gasteiger partial charge in [0.25, 0.3) is 0 Å². The van der Waals surface area contributed by atoms with Crippen molar-refractivity contribution in [3.05, 3.63) is 0 Å². The lowest BCUT2D eigenvalue weighted by Crippen LogP contribution is -2.30. The number of carbonyl (C=O) groups is 4. The van der Waals surface area contributed by atoms with E-state index >= 15 is 0 Å². The van der Waals surface area contributed by atoms with Crippen molar-refractivity contribution in [1.29, 1.82) is 0 Å². The maximum absolute atomic E-state index is 10.6. The van der Waals surface area contributed by atoms with Gasteiger partial charge in [-0.3, -0.25) is 37.4 Å². The third-order valence-corrected chi connectivity index (χ3v) is 9.04. The molecule has 0 spiro atoms. The van der Waals surface area contributed by atoms with Crippen molar-refractivity contribution < 1.29 is 77.4 Å². The third-order valence-electron chi connectivity index (χ3n) is 4.69. The minimum atomic E-state index is -3.10. The first-order valence-electron chi connectivity index (χ1n) is 12.4. The van der Waals surface area contributed by atoms with Crippen molar-refractivity contribution in [2.75, 3.05) is 51.3 Å². The van der Waals surface area contributed by atoms with Gasteiger partial charge in [-0.15, -0.1) is 0 Å². The third kappa shape index (κ3) is 42.6. The van der Waals surface area contributed by atoms with Crippen molar-refractivity contribution in [2.24, 2.45) is 22.9 Å². The molecular weight excluding hydrogens is 676 g/mol. The van der Waals surface area contributed by atoms with Crippen LogP contribution in [0.2, 0.25) is 0 Å². The summed E-state index contributed by atoms with van der Waals surface area (Å²) < 4.78 is 42.6. The van der Waals surface area contributed by atoms with Gasteiger partial charge in [0, 0.05) is 51.3 Å². The molecule has 0 aromatic rings. The van der Waals surface area contributed by atoms with Crippen LogP contribution in [0.1, 0.15) is 25.7 Å². The Labute approximate surface area is 255 Å². The number of aliphatic carboxylic acids is 4. The molecule has 0 bridgehead atoms. The first kappa shape index (κ1) is 49.4. The molecule has 0 aliphatic heterocycles. The summed E-state index contributed by atoms with van der Waals surface area (Å²) in [5.74, 6) is -4.56. The molecule has 16 N–H and O–H groups in total. The molecular formula is C20H48N4O16P4. The lowest BCUT2D eigenvalue weighted by molar-refractivity contribution is -0.139. The Hall–Kier alpha value is -1.52. The molecule has 0 rings (SSSR count). The molecule has 264 valence electrons. The maximum Gasteiger partial charge on any atom is 0.320 e. The summed E-state index contributed by atoms with van der Waals surface area (Å²) in [6, 6.07) is -4.13. The van der Waals surface area contributed by atoms with Gasteiger partial charge in [0.15, 0.2) is 29.5 Å². The molecule has 20 nitrogen and oxygen atoms in total. The Morgan fingerprint density at radius 3 is 0.614 bits per heavy atom. The lowest BCUT2D eigenvalue weighted by atomic mass is 10.2. The molecule has 0 aliphatic rings. The van der Waals surface area contributed by atoms with Crippen LogP contribution in [0.15, 0.2) is 0 Å². The van der Waals surface area contributed by atoms with Crippen molar-refractivity contribution in [3.63, 3.8) is 0 Å². The standard InChI is InChI=1S/4C5H12NO4P/c4*1-11(9,10)3-2-4(6)5(7)8/h4*4H,2-3,6H2,1H3,(H,7,8)(H,9,10)/t3*4-;/m100./s1. The van der Waals surface area contributed by atoms with Gasteiger partial charge in [-0.25, -0.2) is 0 Å². The minimum Gasteiger partial charge on any atom is -0.480 e. The topological polar surface area (TPSA) is 402 Å². The highest BCUT2D eigenvalue weighted by Gasteiger charge is 2.19. The van der Waals surface area contributed by atoms with Crippen LogP contribution in [-0.4, -0.2) is 139 Å².